The van der Waals surface area contributed by atoms with Gasteiger partial charge in [0.15, 0.2) is 11.8 Å². The fourth-order valence-electron chi connectivity index (χ4n) is 3.54. The molecule has 7 heteroatoms. The predicted molar refractivity (Wildman–Crippen MR) is 114 cm³/mol. The molecule has 1 saturated heterocycles. The van der Waals surface area contributed by atoms with Crippen LogP contribution in [0.25, 0.3) is 11.4 Å². The summed E-state index contributed by atoms with van der Waals surface area (Å²) in [4.78, 5) is 11.6. The third-order valence-electron chi connectivity index (χ3n) is 5.02. The van der Waals surface area contributed by atoms with Gasteiger partial charge in [0.2, 0.25) is 0 Å². The zero-order chi connectivity index (χ0) is 19.4. The molecule has 0 atom stereocenters. The fraction of sp³-hybridized carbons (Fsp3) is 0.571. The average molecular weight is 384 g/mol. The third kappa shape index (κ3) is 6.64. The first-order valence-electron chi connectivity index (χ1n) is 10.5. The summed E-state index contributed by atoms with van der Waals surface area (Å²) in [6.45, 7) is 8.22. The minimum atomic E-state index is 0.628. The summed E-state index contributed by atoms with van der Waals surface area (Å²) in [7, 11) is 0. The number of likely N-dealkylation sites (tertiary alicyclic amines) is 1. The molecule has 0 aliphatic carbocycles. The molecule has 2 heterocycles. The van der Waals surface area contributed by atoms with E-state index in [9.17, 15) is 0 Å². The van der Waals surface area contributed by atoms with E-state index in [1.165, 1.54) is 51.6 Å². The molecule has 152 valence electrons. The fourth-order valence-corrected chi connectivity index (χ4v) is 3.54. The van der Waals surface area contributed by atoms with Crippen molar-refractivity contribution in [1.82, 2.24) is 30.7 Å². The van der Waals surface area contributed by atoms with E-state index in [-0.39, 0.29) is 0 Å². The Morgan fingerprint density at radius 3 is 2.79 bits per heavy atom. The van der Waals surface area contributed by atoms with Gasteiger partial charge in [0.1, 0.15) is 6.33 Å². The van der Waals surface area contributed by atoms with Crippen molar-refractivity contribution in [1.29, 1.82) is 0 Å². The number of H-pyrrole nitrogens is 1. The van der Waals surface area contributed by atoms with Crippen LogP contribution >= 0.6 is 0 Å². The number of aromatic nitrogens is 3. The summed E-state index contributed by atoms with van der Waals surface area (Å²) in [5, 5.41) is 13.6. The SMILES string of the molecule is CCNC(=NCc1cccc(-c2ncn[nH]2)c1)NCCCN1CCCCCC1. The van der Waals surface area contributed by atoms with Crippen LogP contribution in [0.5, 0.6) is 0 Å². The molecule has 0 saturated carbocycles. The summed E-state index contributed by atoms with van der Waals surface area (Å²) < 4.78 is 0. The lowest BCUT2D eigenvalue weighted by Gasteiger charge is -2.20. The zero-order valence-electron chi connectivity index (χ0n) is 17.0. The molecule has 1 aromatic heterocycles. The number of nitrogens with zero attached hydrogens (tertiary/aromatic N) is 4. The number of rotatable bonds is 8. The molecule has 28 heavy (non-hydrogen) atoms. The smallest absolute Gasteiger partial charge is 0.191 e. The summed E-state index contributed by atoms with van der Waals surface area (Å²) in [5.41, 5.74) is 2.18. The molecule has 0 radical (unpaired) electrons. The lowest BCUT2D eigenvalue weighted by atomic mass is 10.1. The van der Waals surface area contributed by atoms with E-state index >= 15 is 0 Å². The first kappa shape index (κ1) is 20.3. The van der Waals surface area contributed by atoms with Crippen molar-refractivity contribution in [3.05, 3.63) is 36.2 Å². The number of aliphatic imine (C=N–C) groups is 1. The van der Waals surface area contributed by atoms with Crippen LogP contribution in [0.1, 0.15) is 44.6 Å². The Hall–Kier alpha value is -2.41. The summed E-state index contributed by atoms with van der Waals surface area (Å²) in [6, 6.07) is 8.25. The van der Waals surface area contributed by atoms with Gasteiger partial charge in [-0.2, -0.15) is 5.10 Å². The highest BCUT2D eigenvalue weighted by Gasteiger charge is 2.08. The van der Waals surface area contributed by atoms with Gasteiger partial charge in [-0.1, -0.05) is 31.0 Å². The van der Waals surface area contributed by atoms with Gasteiger partial charge in [-0.3, -0.25) is 5.10 Å². The lowest BCUT2D eigenvalue weighted by Crippen LogP contribution is -2.39. The van der Waals surface area contributed by atoms with Crippen molar-refractivity contribution in [3.8, 4) is 11.4 Å². The first-order chi connectivity index (χ1) is 13.8. The maximum Gasteiger partial charge on any atom is 0.191 e. The van der Waals surface area contributed by atoms with Gasteiger partial charge < -0.3 is 15.5 Å². The van der Waals surface area contributed by atoms with Crippen molar-refractivity contribution in [2.75, 3.05) is 32.7 Å². The molecule has 7 nitrogen and oxygen atoms in total. The highest BCUT2D eigenvalue weighted by atomic mass is 15.2. The van der Waals surface area contributed by atoms with Gasteiger partial charge in [-0.15, -0.1) is 0 Å². The van der Waals surface area contributed by atoms with E-state index in [0.717, 1.165) is 42.4 Å². The monoisotopic (exact) mass is 383 g/mol. The van der Waals surface area contributed by atoms with E-state index in [2.05, 4.69) is 49.8 Å². The van der Waals surface area contributed by atoms with Crippen LogP contribution in [0.15, 0.2) is 35.6 Å². The average Bonchev–Trinajstić information content (AvgIpc) is 3.14. The summed E-state index contributed by atoms with van der Waals surface area (Å²) in [6.07, 6.45) is 8.16. The van der Waals surface area contributed by atoms with Crippen molar-refractivity contribution in [2.24, 2.45) is 4.99 Å². The largest absolute Gasteiger partial charge is 0.357 e. The first-order valence-corrected chi connectivity index (χ1v) is 10.5. The molecule has 3 N–H and O–H groups in total. The number of hydrogen-bond acceptors (Lipinski definition) is 4. The normalized spacial score (nSPS) is 16.0. The quantitative estimate of drug-likeness (QED) is 0.371. The second-order valence-electron chi connectivity index (χ2n) is 7.27. The Morgan fingerprint density at radius 2 is 2.04 bits per heavy atom. The minimum Gasteiger partial charge on any atom is -0.357 e. The molecular formula is C21H33N7. The topological polar surface area (TPSA) is 81.2 Å². The third-order valence-corrected chi connectivity index (χ3v) is 5.02. The van der Waals surface area contributed by atoms with Crippen LogP contribution in [0.3, 0.4) is 0 Å². The Kier molecular flexibility index (Phi) is 8.30. The summed E-state index contributed by atoms with van der Waals surface area (Å²) >= 11 is 0. The van der Waals surface area contributed by atoms with E-state index in [1.54, 1.807) is 0 Å². The Morgan fingerprint density at radius 1 is 1.18 bits per heavy atom. The van der Waals surface area contributed by atoms with Crippen LogP contribution < -0.4 is 10.6 Å². The van der Waals surface area contributed by atoms with E-state index in [1.807, 2.05) is 12.1 Å². The Balaban J connectivity index is 1.47. The van der Waals surface area contributed by atoms with Crippen molar-refractivity contribution in [2.45, 2.75) is 45.6 Å². The second kappa shape index (κ2) is 11.4. The number of guanidine groups is 1. The van der Waals surface area contributed by atoms with E-state index in [0.29, 0.717) is 6.54 Å². The molecule has 1 fully saturated rings. The van der Waals surface area contributed by atoms with Crippen LogP contribution in [-0.2, 0) is 6.54 Å². The van der Waals surface area contributed by atoms with Crippen molar-refractivity contribution >= 4 is 5.96 Å². The van der Waals surface area contributed by atoms with Gasteiger partial charge in [-0.05, 0) is 57.5 Å². The predicted octanol–water partition coefficient (Wildman–Crippen LogP) is 2.79. The molecule has 1 aromatic carbocycles. The van der Waals surface area contributed by atoms with Gasteiger partial charge in [0.25, 0.3) is 0 Å². The van der Waals surface area contributed by atoms with E-state index < -0.39 is 0 Å². The maximum absolute atomic E-state index is 4.74. The van der Waals surface area contributed by atoms with Gasteiger partial charge >= 0.3 is 0 Å². The lowest BCUT2D eigenvalue weighted by molar-refractivity contribution is 0.282. The molecule has 1 aliphatic heterocycles. The molecular weight excluding hydrogens is 350 g/mol. The standard InChI is InChI=1S/C21H33N7/c1-2-22-21(23-11-8-14-28-12-5-3-4-6-13-28)24-16-18-9-7-10-19(15-18)20-25-17-26-27-20/h7,9-10,15,17H,2-6,8,11-14,16H2,1H3,(H2,22,23,24)(H,25,26,27). The number of benzene rings is 1. The molecule has 3 rings (SSSR count). The van der Waals surface area contributed by atoms with E-state index in [4.69, 9.17) is 4.99 Å². The summed E-state index contributed by atoms with van der Waals surface area (Å²) in [5.74, 6) is 1.66. The van der Waals surface area contributed by atoms with Gasteiger partial charge in [-0.25, -0.2) is 9.98 Å². The van der Waals surface area contributed by atoms with Crippen molar-refractivity contribution in [3.63, 3.8) is 0 Å². The number of aromatic amines is 1. The highest BCUT2D eigenvalue weighted by Crippen LogP contribution is 2.16. The molecule has 0 amide bonds. The highest BCUT2D eigenvalue weighted by molar-refractivity contribution is 5.79. The second-order valence-corrected chi connectivity index (χ2v) is 7.27. The zero-order valence-corrected chi connectivity index (χ0v) is 17.0. The molecule has 1 aliphatic rings. The number of nitrogens with one attached hydrogen (secondary N) is 3. The van der Waals surface area contributed by atoms with Gasteiger partial charge in [0.05, 0.1) is 6.54 Å². The maximum atomic E-state index is 4.74. The minimum absolute atomic E-state index is 0.628. The van der Waals surface area contributed by atoms with Gasteiger partial charge in [0, 0.05) is 18.7 Å². The van der Waals surface area contributed by atoms with Crippen LogP contribution in [0, 0.1) is 0 Å². The van der Waals surface area contributed by atoms with Crippen molar-refractivity contribution < 1.29 is 0 Å². The van der Waals surface area contributed by atoms with Crippen LogP contribution in [0.2, 0.25) is 0 Å². The molecule has 2 aromatic rings. The molecule has 0 unspecified atom stereocenters. The Bertz CT molecular complexity index is 703. The Labute approximate surface area is 168 Å². The van der Waals surface area contributed by atoms with Crippen LogP contribution in [-0.4, -0.2) is 58.8 Å². The number of hydrogen-bond donors (Lipinski definition) is 3. The molecule has 0 spiro atoms. The molecule has 0 bridgehead atoms. The van der Waals surface area contributed by atoms with Crippen LogP contribution in [0.4, 0.5) is 0 Å².